The van der Waals surface area contributed by atoms with Crippen molar-refractivity contribution in [1.29, 1.82) is 0 Å². The van der Waals surface area contributed by atoms with Crippen LogP contribution in [0.1, 0.15) is 57.2 Å². The molecule has 0 bridgehead atoms. The molecule has 108 valence electrons. The van der Waals surface area contributed by atoms with Crippen molar-refractivity contribution in [2.45, 2.75) is 46.1 Å². The molecular formula is C16H28N2O. The van der Waals surface area contributed by atoms with Crippen LogP contribution in [0.3, 0.4) is 0 Å². The van der Waals surface area contributed by atoms with Gasteiger partial charge in [-0.05, 0) is 41.5 Å². The summed E-state index contributed by atoms with van der Waals surface area (Å²) in [5.41, 5.74) is 14.5. The van der Waals surface area contributed by atoms with Crippen LogP contribution in [0.5, 0.6) is 5.75 Å². The number of ether oxygens (including phenoxy) is 1. The van der Waals surface area contributed by atoms with Crippen LogP contribution >= 0.6 is 0 Å². The smallest absolute Gasteiger partial charge is 0.122 e. The summed E-state index contributed by atoms with van der Waals surface area (Å²) in [7, 11) is 1.71. The maximum atomic E-state index is 6.42. The number of benzene rings is 1. The van der Waals surface area contributed by atoms with E-state index in [1.807, 2.05) is 6.07 Å². The maximum absolute atomic E-state index is 6.42. The molecule has 0 aliphatic rings. The number of nitrogens with two attached hydrogens (primary N) is 2. The lowest BCUT2D eigenvalue weighted by atomic mass is 9.77. The summed E-state index contributed by atoms with van der Waals surface area (Å²) >= 11 is 0. The summed E-state index contributed by atoms with van der Waals surface area (Å²) in [6, 6.07) is 6.24. The van der Waals surface area contributed by atoms with E-state index < -0.39 is 0 Å². The van der Waals surface area contributed by atoms with Crippen LogP contribution in [0.25, 0.3) is 0 Å². The lowest BCUT2D eigenvalue weighted by Gasteiger charge is -2.32. The monoisotopic (exact) mass is 264 g/mol. The zero-order valence-electron chi connectivity index (χ0n) is 12.9. The first kappa shape index (κ1) is 16.0. The van der Waals surface area contributed by atoms with E-state index in [2.05, 4.69) is 39.8 Å². The molecule has 0 saturated carbocycles. The molecule has 19 heavy (non-hydrogen) atoms. The molecular weight excluding hydrogens is 236 g/mol. The minimum Gasteiger partial charge on any atom is -0.496 e. The molecule has 1 aromatic carbocycles. The third-order valence-electron chi connectivity index (χ3n) is 3.87. The van der Waals surface area contributed by atoms with Crippen molar-refractivity contribution in [2.24, 2.45) is 16.9 Å². The molecule has 0 heterocycles. The predicted octanol–water partition coefficient (Wildman–Crippen LogP) is 3.19. The molecule has 0 aromatic heterocycles. The molecule has 0 spiro atoms. The van der Waals surface area contributed by atoms with Gasteiger partial charge in [0.05, 0.1) is 7.11 Å². The van der Waals surface area contributed by atoms with Crippen molar-refractivity contribution in [2.75, 3.05) is 13.7 Å². The first-order chi connectivity index (χ1) is 8.83. The molecule has 0 amide bonds. The Morgan fingerprint density at radius 1 is 1.26 bits per heavy atom. The third-order valence-corrected chi connectivity index (χ3v) is 3.87. The highest BCUT2D eigenvalue weighted by molar-refractivity contribution is 5.40. The molecule has 3 nitrogen and oxygen atoms in total. The van der Waals surface area contributed by atoms with Crippen LogP contribution in [-0.2, 0) is 0 Å². The molecule has 0 aliphatic heterocycles. The van der Waals surface area contributed by atoms with Crippen molar-refractivity contribution >= 4 is 0 Å². The van der Waals surface area contributed by atoms with E-state index >= 15 is 0 Å². The average molecular weight is 264 g/mol. The van der Waals surface area contributed by atoms with Gasteiger partial charge < -0.3 is 16.2 Å². The molecule has 0 fully saturated rings. The first-order valence-corrected chi connectivity index (χ1v) is 6.97. The van der Waals surface area contributed by atoms with Gasteiger partial charge in [-0.15, -0.1) is 0 Å². The van der Waals surface area contributed by atoms with Gasteiger partial charge in [-0.3, -0.25) is 0 Å². The van der Waals surface area contributed by atoms with Crippen LogP contribution < -0.4 is 16.2 Å². The van der Waals surface area contributed by atoms with Gasteiger partial charge in [-0.2, -0.15) is 0 Å². The van der Waals surface area contributed by atoms with E-state index in [4.69, 9.17) is 16.2 Å². The van der Waals surface area contributed by atoms with Gasteiger partial charge >= 0.3 is 0 Å². The van der Waals surface area contributed by atoms with Gasteiger partial charge in [0.1, 0.15) is 5.75 Å². The van der Waals surface area contributed by atoms with Gasteiger partial charge in [0.2, 0.25) is 0 Å². The third kappa shape index (κ3) is 3.71. The molecule has 0 aliphatic carbocycles. The lowest BCUT2D eigenvalue weighted by Crippen LogP contribution is -2.31. The minimum absolute atomic E-state index is 0.00239. The molecule has 0 saturated heterocycles. The first-order valence-electron chi connectivity index (χ1n) is 6.97. The van der Waals surface area contributed by atoms with Crippen LogP contribution in [0.15, 0.2) is 18.2 Å². The Morgan fingerprint density at radius 2 is 1.89 bits per heavy atom. The molecule has 4 N–H and O–H groups in total. The fraction of sp³-hybridized carbons (Fsp3) is 0.625. The van der Waals surface area contributed by atoms with Crippen molar-refractivity contribution in [1.82, 2.24) is 0 Å². The topological polar surface area (TPSA) is 61.3 Å². The van der Waals surface area contributed by atoms with Crippen molar-refractivity contribution in [3.63, 3.8) is 0 Å². The summed E-state index contributed by atoms with van der Waals surface area (Å²) in [5, 5.41) is 0. The largest absolute Gasteiger partial charge is 0.496 e. The molecule has 1 unspecified atom stereocenters. The van der Waals surface area contributed by atoms with Crippen LogP contribution in [0.2, 0.25) is 0 Å². The molecule has 1 rings (SSSR count). The van der Waals surface area contributed by atoms with E-state index in [1.54, 1.807) is 7.11 Å². The SMILES string of the molecule is COc1ccc(C(N)C(C)(C)CCN)cc1C(C)C. The summed E-state index contributed by atoms with van der Waals surface area (Å²) in [6.45, 7) is 9.33. The van der Waals surface area contributed by atoms with E-state index in [0.29, 0.717) is 12.5 Å². The fourth-order valence-corrected chi connectivity index (χ4v) is 2.38. The maximum Gasteiger partial charge on any atom is 0.122 e. The number of rotatable bonds is 6. The van der Waals surface area contributed by atoms with Gasteiger partial charge in [0.15, 0.2) is 0 Å². The van der Waals surface area contributed by atoms with E-state index in [-0.39, 0.29) is 11.5 Å². The van der Waals surface area contributed by atoms with Crippen molar-refractivity contribution in [3.05, 3.63) is 29.3 Å². The van der Waals surface area contributed by atoms with Crippen LogP contribution in [-0.4, -0.2) is 13.7 Å². The lowest BCUT2D eigenvalue weighted by molar-refractivity contribution is 0.270. The summed E-state index contributed by atoms with van der Waals surface area (Å²) in [4.78, 5) is 0. The Balaban J connectivity index is 3.11. The number of methoxy groups -OCH3 is 1. The standard InChI is InChI=1S/C16H28N2O/c1-11(2)13-10-12(6-7-14(13)19-5)15(18)16(3,4)8-9-17/h6-7,10-11,15H,8-9,17-18H2,1-5H3. The highest BCUT2D eigenvalue weighted by atomic mass is 16.5. The van der Waals surface area contributed by atoms with Crippen molar-refractivity contribution < 1.29 is 4.74 Å². The summed E-state index contributed by atoms with van der Waals surface area (Å²) < 4.78 is 5.41. The highest BCUT2D eigenvalue weighted by Gasteiger charge is 2.27. The molecule has 0 radical (unpaired) electrons. The molecule has 3 heteroatoms. The van der Waals surface area contributed by atoms with E-state index in [0.717, 1.165) is 17.7 Å². The summed E-state index contributed by atoms with van der Waals surface area (Å²) in [6.07, 6.45) is 0.914. The van der Waals surface area contributed by atoms with Gasteiger partial charge in [0, 0.05) is 6.04 Å². The molecule has 1 aromatic rings. The Morgan fingerprint density at radius 3 is 2.37 bits per heavy atom. The van der Waals surface area contributed by atoms with Crippen LogP contribution in [0, 0.1) is 5.41 Å². The Kier molecular flexibility index (Phi) is 5.39. The quantitative estimate of drug-likeness (QED) is 0.829. The number of hydrogen-bond acceptors (Lipinski definition) is 3. The second kappa shape index (κ2) is 6.40. The van der Waals surface area contributed by atoms with Crippen molar-refractivity contribution in [3.8, 4) is 5.75 Å². The second-order valence-electron chi connectivity index (χ2n) is 6.16. The van der Waals surface area contributed by atoms with E-state index in [1.165, 1.54) is 5.56 Å². The Bertz CT molecular complexity index is 413. The van der Waals surface area contributed by atoms with Crippen LogP contribution in [0.4, 0.5) is 0 Å². The predicted molar refractivity (Wildman–Crippen MR) is 81.5 cm³/mol. The average Bonchev–Trinajstić information content (AvgIpc) is 2.36. The fourth-order valence-electron chi connectivity index (χ4n) is 2.38. The zero-order chi connectivity index (χ0) is 14.6. The second-order valence-corrected chi connectivity index (χ2v) is 6.16. The Labute approximate surface area is 117 Å². The highest BCUT2D eigenvalue weighted by Crippen LogP contribution is 2.37. The van der Waals surface area contributed by atoms with Gasteiger partial charge in [0.25, 0.3) is 0 Å². The van der Waals surface area contributed by atoms with Gasteiger partial charge in [-0.1, -0.05) is 39.8 Å². The van der Waals surface area contributed by atoms with Gasteiger partial charge in [-0.25, -0.2) is 0 Å². The normalized spacial score (nSPS) is 13.7. The van der Waals surface area contributed by atoms with E-state index in [9.17, 15) is 0 Å². The summed E-state index contributed by atoms with van der Waals surface area (Å²) in [5.74, 6) is 1.35. The molecule has 1 atom stereocenters. The minimum atomic E-state index is -0.0144. The number of hydrogen-bond donors (Lipinski definition) is 2. The zero-order valence-corrected chi connectivity index (χ0v) is 12.9. The Hall–Kier alpha value is -1.06.